The molecule has 0 aliphatic carbocycles. The van der Waals surface area contributed by atoms with E-state index in [-0.39, 0.29) is 23.7 Å². The monoisotopic (exact) mass is 510 g/mol. The zero-order valence-corrected chi connectivity index (χ0v) is 20.4. The molecule has 2 aliphatic heterocycles. The number of H-pyrrole nitrogens is 1. The van der Waals surface area contributed by atoms with Gasteiger partial charge in [0, 0.05) is 46.6 Å². The van der Waals surface area contributed by atoms with Crippen LogP contribution in [0.25, 0.3) is 10.9 Å². The minimum Gasteiger partial charge on any atom is -0.508 e. The number of aromatic hydroxyl groups is 1. The van der Waals surface area contributed by atoms with Crippen molar-refractivity contribution < 1.29 is 14.7 Å². The maximum Gasteiger partial charge on any atom is 0.328 e. The molecule has 33 heavy (non-hydrogen) atoms. The van der Waals surface area contributed by atoms with Crippen LogP contribution in [0, 0.1) is 0 Å². The Morgan fingerprint density at radius 3 is 2.76 bits per heavy atom. The second-order valence-corrected chi connectivity index (χ2v) is 10.3. The van der Waals surface area contributed by atoms with Crippen molar-refractivity contribution in [3.8, 4) is 5.75 Å². The van der Waals surface area contributed by atoms with E-state index in [4.69, 9.17) is 0 Å². The molecule has 5 rings (SSSR count). The molecule has 1 aromatic heterocycles. The van der Waals surface area contributed by atoms with Crippen molar-refractivity contribution in [1.29, 1.82) is 0 Å². The highest BCUT2D eigenvalue weighted by atomic mass is 79.9. The first-order valence-corrected chi connectivity index (χ1v) is 12.0. The standard InChI is InChI=1S/C25H27BrN4O3/c1-14(2)27-9-10-29-23(32)25(3)13-19-18-12-16(26)7-8-20(18)28-21(19)22(30(25)24(29)33)15-5-4-6-17(31)11-15/h4-8,11-12,14,22,27-28,31H,9-10,13H2,1-3H3. The van der Waals surface area contributed by atoms with Crippen molar-refractivity contribution in [2.45, 2.75) is 44.8 Å². The van der Waals surface area contributed by atoms with E-state index in [0.29, 0.717) is 19.5 Å². The highest BCUT2D eigenvalue weighted by Gasteiger charge is 2.60. The molecule has 1 saturated heterocycles. The number of aromatic nitrogens is 1. The fraction of sp³-hybridized carbons (Fsp3) is 0.360. The maximum atomic E-state index is 13.7. The number of carbonyl (C=O) groups is 2. The van der Waals surface area contributed by atoms with Crippen LogP contribution in [0.15, 0.2) is 46.9 Å². The molecule has 2 unspecified atom stereocenters. The van der Waals surface area contributed by atoms with E-state index >= 15 is 0 Å². The SMILES string of the molecule is CC(C)NCCN1C(=O)N2C(c3cccc(O)c3)c3[nH]c4ccc(Br)cc4c3CC2(C)C1=O. The number of carbonyl (C=O) groups excluding carboxylic acids is 2. The fourth-order valence-electron chi connectivity index (χ4n) is 5.19. The van der Waals surface area contributed by atoms with Gasteiger partial charge in [-0.05, 0) is 48.4 Å². The molecule has 1 fully saturated rings. The minimum absolute atomic E-state index is 0.121. The van der Waals surface area contributed by atoms with Gasteiger partial charge in [-0.3, -0.25) is 14.6 Å². The number of halogens is 1. The van der Waals surface area contributed by atoms with E-state index in [1.807, 2.05) is 39.0 Å². The van der Waals surface area contributed by atoms with Gasteiger partial charge >= 0.3 is 6.03 Å². The van der Waals surface area contributed by atoms with Crippen molar-refractivity contribution in [2.24, 2.45) is 0 Å². The van der Waals surface area contributed by atoms with Crippen LogP contribution < -0.4 is 5.32 Å². The van der Waals surface area contributed by atoms with E-state index in [2.05, 4.69) is 32.3 Å². The molecule has 0 bridgehead atoms. The predicted molar refractivity (Wildman–Crippen MR) is 130 cm³/mol. The maximum absolute atomic E-state index is 13.7. The lowest BCUT2D eigenvalue weighted by Crippen LogP contribution is -2.53. The van der Waals surface area contributed by atoms with Crippen LogP contribution in [0.4, 0.5) is 4.79 Å². The smallest absolute Gasteiger partial charge is 0.328 e. The molecule has 3 N–H and O–H groups in total. The summed E-state index contributed by atoms with van der Waals surface area (Å²) >= 11 is 3.56. The summed E-state index contributed by atoms with van der Waals surface area (Å²) in [7, 11) is 0. The van der Waals surface area contributed by atoms with Crippen LogP contribution in [0.5, 0.6) is 5.75 Å². The van der Waals surface area contributed by atoms with Crippen molar-refractivity contribution in [3.63, 3.8) is 0 Å². The highest BCUT2D eigenvalue weighted by molar-refractivity contribution is 9.10. The zero-order chi connectivity index (χ0) is 23.5. The summed E-state index contributed by atoms with van der Waals surface area (Å²) in [4.78, 5) is 34.0. The average Bonchev–Trinajstić information content (AvgIpc) is 3.19. The Morgan fingerprint density at radius 2 is 2.03 bits per heavy atom. The molecule has 0 saturated carbocycles. The van der Waals surface area contributed by atoms with E-state index in [0.717, 1.165) is 32.2 Å². The topological polar surface area (TPSA) is 88.7 Å². The number of rotatable bonds is 5. The van der Waals surface area contributed by atoms with E-state index in [1.165, 1.54) is 4.90 Å². The van der Waals surface area contributed by atoms with Crippen molar-refractivity contribution in [1.82, 2.24) is 20.1 Å². The Labute approximate surface area is 200 Å². The molecule has 2 atom stereocenters. The first kappa shape index (κ1) is 22.0. The molecule has 0 radical (unpaired) electrons. The molecule has 2 aromatic carbocycles. The number of benzene rings is 2. The number of hydrogen-bond acceptors (Lipinski definition) is 4. The second-order valence-electron chi connectivity index (χ2n) is 9.37. The number of hydrogen-bond donors (Lipinski definition) is 3. The highest BCUT2D eigenvalue weighted by Crippen LogP contribution is 2.49. The summed E-state index contributed by atoms with van der Waals surface area (Å²) < 4.78 is 0.952. The molecule has 2 aliphatic rings. The Kier molecular flexibility index (Phi) is 5.25. The number of nitrogens with zero attached hydrogens (tertiary/aromatic N) is 2. The zero-order valence-electron chi connectivity index (χ0n) is 18.9. The number of phenols is 1. The van der Waals surface area contributed by atoms with Gasteiger partial charge in [-0.1, -0.05) is 41.9 Å². The molecule has 7 nitrogen and oxygen atoms in total. The van der Waals surface area contributed by atoms with E-state index in [9.17, 15) is 14.7 Å². The first-order chi connectivity index (χ1) is 15.7. The van der Waals surface area contributed by atoms with Gasteiger partial charge in [0.1, 0.15) is 17.3 Å². The third-order valence-corrected chi connectivity index (χ3v) is 7.20. The Balaban J connectivity index is 1.67. The Hall–Kier alpha value is -2.84. The molecule has 3 aromatic rings. The summed E-state index contributed by atoms with van der Waals surface area (Å²) in [5.74, 6) is -0.0608. The quantitative estimate of drug-likeness (QED) is 0.446. The molecule has 3 amide bonds. The normalized spacial score (nSPS) is 22.4. The van der Waals surface area contributed by atoms with Crippen molar-refractivity contribution >= 4 is 38.8 Å². The predicted octanol–water partition coefficient (Wildman–Crippen LogP) is 4.30. The minimum atomic E-state index is -1.02. The molecule has 0 spiro atoms. The number of aromatic amines is 1. The molecular formula is C25H27BrN4O3. The van der Waals surface area contributed by atoms with Gasteiger partial charge in [0.25, 0.3) is 5.91 Å². The average molecular weight is 511 g/mol. The van der Waals surface area contributed by atoms with Gasteiger partial charge in [-0.2, -0.15) is 0 Å². The number of imide groups is 1. The molecule has 3 heterocycles. The molecular weight excluding hydrogens is 484 g/mol. The van der Waals surface area contributed by atoms with Crippen LogP contribution in [-0.4, -0.2) is 56.5 Å². The summed E-state index contributed by atoms with van der Waals surface area (Å²) in [6, 6.07) is 12.4. The summed E-state index contributed by atoms with van der Waals surface area (Å²) in [5, 5.41) is 14.5. The summed E-state index contributed by atoms with van der Waals surface area (Å²) in [5.41, 5.74) is 2.61. The van der Waals surface area contributed by atoms with Gasteiger partial charge in [-0.25, -0.2) is 4.79 Å². The van der Waals surface area contributed by atoms with Gasteiger partial charge in [0.05, 0.1) is 0 Å². The Morgan fingerprint density at radius 1 is 1.24 bits per heavy atom. The van der Waals surface area contributed by atoms with Gasteiger partial charge in [0.15, 0.2) is 0 Å². The lowest BCUT2D eigenvalue weighted by atomic mass is 9.81. The Bertz CT molecular complexity index is 1270. The third-order valence-electron chi connectivity index (χ3n) is 6.70. The van der Waals surface area contributed by atoms with Gasteiger partial charge in [0.2, 0.25) is 0 Å². The molecule has 8 heteroatoms. The first-order valence-electron chi connectivity index (χ1n) is 11.2. The summed E-state index contributed by atoms with van der Waals surface area (Å²) in [6.45, 7) is 6.78. The van der Waals surface area contributed by atoms with E-state index in [1.54, 1.807) is 23.1 Å². The van der Waals surface area contributed by atoms with Crippen molar-refractivity contribution in [2.75, 3.05) is 13.1 Å². The van der Waals surface area contributed by atoms with E-state index < -0.39 is 11.6 Å². The van der Waals surface area contributed by atoms with Crippen LogP contribution in [0.1, 0.15) is 43.6 Å². The largest absolute Gasteiger partial charge is 0.508 e. The van der Waals surface area contributed by atoms with Crippen LogP contribution in [0.2, 0.25) is 0 Å². The van der Waals surface area contributed by atoms with Crippen LogP contribution in [-0.2, 0) is 11.2 Å². The van der Waals surface area contributed by atoms with Crippen LogP contribution >= 0.6 is 15.9 Å². The third kappa shape index (κ3) is 3.43. The number of urea groups is 1. The number of amides is 3. The number of phenolic OH excluding ortho intramolecular Hbond substituents is 1. The lowest BCUT2D eigenvalue weighted by molar-refractivity contribution is -0.133. The van der Waals surface area contributed by atoms with Crippen molar-refractivity contribution in [3.05, 3.63) is 63.8 Å². The summed E-state index contributed by atoms with van der Waals surface area (Å²) in [6.07, 6.45) is 0.423. The second kappa shape index (κ2) is 7.88. The van der Waals surface area contributed by atoms with Crippen LogP contribution in [0.3, 0.4) is 0 Å². The van der Waals surface area contributed by atoms with Gasteiger partial charge < -0.3 is 15.4 Å². The fourth-order valence-corrected chi connectivity index (χ4v) is 5.55. The number of nitrogens with one attached hydrogen (secondary N) is 2. The molecule has 172 valence electrons. The number of fused-ring (bicyclic) bond motifs is 4. The van der Waals surface area contributed by atoms with Gasteiger partial charge in [-0.15, -0.1) is 0 Å². The lowest BCUT2D eigenvalue weighted by Gasteiger charge is -2.42.